The van der Waals surface area contributed by atoms with Crippen LogP contribution >= 0.6 is 12.2 Å². The van der Waals surface area contributed by atoms with Crippen molar-refractivity contribution in [1.82, 2.24) is 19.8 Å². The molecule has 2 aromatic heterocycles. The molecule has 0 radical (unpaired) electrons. The number of aryl methyl sites for hydroxylation is 3. The van der Waals surface area contributed by atoms with Crippen molar-refractivity contribution < 1.29 is 4.79 Å². The third-order valence-electron chi connectivity index (χ3n) is 7.16. The highest BCUT2D eigenvalue weighted by atomic mass is 32.1. The number of hydrogen-bond donors (Lipinski definition) is 2. The molecule has 1 amide bonds. The highest BCUT2D eigenvalue weighted by Crippen LogP contribution is 2.41. The van der Waals surface area contributed by atoms with Crippen molar-refractivity contribution >= 4 is 28.9 Å². The highest BCUT2D eigenvalue weighted by Gasteiger charge is 2.41. The Hall–Kier alpha value is -3.97. The van der Waals surface area contributed by atoms with Gasteiger partial charge in [-0.15, -0.1) is 0 Å². The molecule has 2 N–H and O–H groups in total. The molecule has 2 aromatic carbocycles. The summed E-state index contributed by atoms with van der Waals surface area (Å²) in [4.78, 5) is 19.7. The predicted molar refractivity (Wildman–Crippen MR) is 157 cm³/mol. The zero-order valence-corrected chi connectivity index (χ0v) is 23.0. The fourth-order valence-corrected chi connectivity index (χ4v) is 5.65. The normalized spacial score (nSPS) is 16.9. The second kappa shape index (κ2) is 10.8. The molecule has 1 saturated heterocycles. The highest BCUT2D eigenvalue weighted by molar-refractivity contribution is 7.80. The lowest BCUT2D eigenvalue weighted by Crippen LogP contribution is -2.32. The van der Waals surface area contributed by atoms with Gasteiger partial charge in [-0.2, -0.15) is 0 Å². The lowest BCUT2D eigenvalue weighted by molar-refractivity contribution is -0.116. The maximum atomic E-state index is 12.9. The van der Waals surface area contributed by atoms with Gasteiger partial charge in [0.1, 0.15) is 0 Å². The fraction of sp³-hybridized carbons (Fsp3) is 0.258. The molecular weight excluding hydrogens is 490 g/mol. The monoisotopic (exact) mass is 523 g/mol. The Kier molecular flexibility index (Phi) is 7.29. The SMILES string of the molecule is Cc1ccc(NC(=O)CCN2C(=S)N[C@H](c3ccccn3)[C@@H]2c2cc(C)n(-c3cccc(C)c3)c2C)cc1. The van der Waals surface area contributed by atoms with Crippen LogP contribution in [0, 0.1) is 27.7 Å². The molecule has 0 unspecified atom stereocenters. The average molecular weight is 524 g/mol. The Morgan fingerprint density at radius 2 is 1.76 bits per heavy atom. The van der Waals surface area contributed by atoms with Gasteiger partial charge in [-0.3, -0.25) is 9.78 Å². The maximum absolute atomic E-state index is 12.9. The second-order valence-corrected chi connectivity index (χ2v) is 10.4. The molecule has 4 aromatic rings. The Morgan fingerprint density at radius 3 is 2.47 bits per heavy atom. The Morgan fingerprint density at radius 1 is 0.974 bits per heavy atom. The van der Waals surface area contributed by atoms with Gasteiger partial charge in [0.15, 0.2) is 5.11 Å². The molecule has 3 heterocycles. The standard InChI is InChI=1S/C31H33N5OS/c1-20-11-13-24(14-12-20)33-28(37)15-17-35-30(29(34-31(35)38)27-10-5-6-16-32-27)26-19-22(3)36(23(26)4)25-9-7-8-21(2)18-25/h5-14,16,18-19,29-30H,15,17H2,1-4H3,(H,33,37)(H,34,38)/t29-,30+/m1/s1. The Labute approximate surface area is 229 Å². The summed E-state index contributed by atoms with van der Waals surface area (Å²) in [6.07, 6.45) is 2.13. The number of carbonyl (C=O) groups is 1. The smallest absolute Gasteiger partial charge is 0.226 e. The zero-order valence-electron chi connectivity index (χ0n) is 22.2. The Balaban J connectivity index is 1.46. The summed E-state index contributed by atoms with van der Waals surface area (Å²) in [6, 6.07) is 24.3. The third-order valence-corrected chi connectivity index (χ3v) is 7.51. The van der Waals surface area contributed by atoms with Gasteiger partial charge < -0.3 is 20.1 Å². The van der Waals surface area contributed by atoms with Crippen LogP contribution in [0.2, 0.25) is 0 Å². The van der Waals surface area contributed by atoms with Crippen molar-refractivity contribution in [3.63, 3.8) is 0 Å². The molecule has 2 atom stereocenters. The number of pyridine rings is 1. The molecule has 7 heteroatoms. The summed E-state index contributed by atoms with van der Waals surface area (Å²) < 4.78 is 2.29. The van der Waals surface area contributed by atoms with Crippen molar-refractivity contribution in [1.29, 1.82) is 0 Å². The number of anilines is 1. The van der Waals surface area contributed by atoms with Gasteiger partial charge in [0.05, 0.1) is 17.8 Å². The van der Waals surface area contributed by atoms with Gasteiger partial charge in [0.25, 0.3) is 0 Å². The van der Waals surface area contributed by atoms with Crippen LogP contribution in [-0.2, 0) is 4.79 Å². The summed E-state index contributed by atoms with van der Waals surface area (Å²) in [6.45, 7) is 8.92. The first kappa shape index (κ1) is 25.7. The van der Waals surface area contributed by atoms with Crippen molar-refractivity contribution in [3.8, 4) is 5.69 Å². The number of amides is 1. The van der Waals surface area contributed by atoms with Crippen molar-refractivity contribution in [2.24, 2.45) is 0 Å². The van der Waals surface area contributed by atoms with Crippen LogP contribution in [0.15, 0.2) is 79.0 Å². The lowest BCUT2D eigenvalue weighted by atomic mass is 9.96. The maximum Gasteiger partial charge on any atom is 0.226 e. The van der Waals surface area contributed by atoms with E-state index in [-0.39, 0.29) is 18.0 Å². The van der Waals surface area contributed by atoms with E-state index in [9.17, 15) is 4.79 Å². The van der Waals surface area contributed by atoms with Crippen LogP contribution in [0.25, 0.3) is 5.69 Å². The van der Waals surface area contributed by atoms with Gasteiger partial charge in [-0.1, -0.05) is 35.9 Å². The molecule has 5 rings (SSSR count). The molecular formula is C31H33N5OS. The number of nitrogens with zero attached hydrogens (tertiary/aromatic N) is 3. The van der Waals surface area contributed by atoms with E-state index in [4.69, 9.17) is 12.2 Å². The van der Waals surface area contributed by atoms with E-state index in [1.54, 1.807) is 0 Å². The van der Waals surface area contributed by atoms with E-state index < -0.39 is 0 Å². The third kappa shape index (κ3) is 5.20. The molecule has 0 bridgehead atoms. The predicted octanol–water partition coefficient (Wildman–Crippen LogP) is 6.11. The van der Waals surface area contributed by atoms with Crippen molar-refractivity contribution in [2.75, 3.05) is 11.9 Å². The van der Waals surface area contributed by atoms with E-state index in [1.165, 1.54) is 11.1 Å². The molecule has 194 valence electrons. The molecule has 0 aliphatic carbocycles. The van der Waals surface area contributed by atoms with Gasteiger partial charge >= 0.3 is 0 Å². The lowest BCUT2D eigenvalue weighted by Gasteiger charge is -2.28. The molecule has 0 saturated carbocycles. The van der Waals surface area contributed by atoms with Crippen LogP contribution < -0.4 is 10.6 Å². The van der Waals surface area contributed by atoms with Gasteiger partial charge in [0.2, 0.25) is 5.91 Å². The van der Waals surface area contributed by atoms with Gasteiger partial charge in [-0.25, -0.2) is 0 Å². The number of carbonyl (C=O) groups excluding carboxylic acids is 1. The largest absolute Gasteiger partial charge is 0.352 e. The van der Waals surface area contributed by atoms with Crippen LogP contribution in [0.1, 0.15) is 52.3 Å². The van der Waals surface area contributed by atoms with E-state index in [0.717, 1.165) is 34.0 Å². The van der Waals surface area contributed by atoms with E-state index in [1.807, 2.05) is 55.6 Å². The second-order valence-electron chi connectivity index (χ2n) is 9.99. The first-order valence-corrected chi connectivity index (χ1v) is 13.3. The van der Waals surface area contributed by atoms with Gasteiger partial charge in [0, 0.05) is 41.9 Å². The Bertz CT molecular complexity index is 1460. The number of nitrogens with one attached hydrogen (secondary N) is 2. The molecule has 38 heavy (non-hydrogen) atoms. The van der Waals surface area contributed by atoms with E-state index in [2.05, 4.69) is 76.2 Å². The summed E-state index contributed by atoms with van der Waals surface area (Å²) in [5.74, 6) is -0.0399. The molecule has 1 aliphatic rings. The summed E-state index contributed by atoms with van der Waals surface area (Å²) in [7, 11) is 0. The molecule has 6 nitrogen and oxygen atoms in total. The van der Waals surface area contributed by atoms with Crippen molar-refractivity contribution in [3.05, 3.63) is 113 Å². The molecule has 1 fully saturated rings. The molecule has 1 aliphatic heterocycles. The first-order valence-electron chi connectivity index (χ1n) is 12.9. The summed E-state index contributed by atoms with van der Waals surface area (Å²) in [5.41, 5.74) is 8.71. The quantitative estimate of drug-likeness (QED) is 0.286. The average Bonchev–Trinajstić information content (AvgIpc) is 3.39. The fourth-order valence-electron chi connectivity index (χ4n) is 5.32. The van der Waals surface area contributed by atoms with E-state index >= 15 is 0 Å². The van der Waals surface area contributed by atoms with Crippen molar-refractivity contribution in [2.45, 2.75) is 46.2 Å². The minimum absolute atomic E-state index is 0.0399. The number of rotatable bonds is 7. The first-order chi connectivity index (χ1) is 18.3. The minimum atomic E-state index is -0.129. The topological polar surface area (TPSA) is 62.2 Å². The number of aromatic nitrogens is 2. The van der Waals surface area contributed by atoms with E-state index in [0.29, 0.717) is 18.1 Å². The van der Waals surface area contributed by atoms with Gasteiger partial charge in [-0.05, 0) is 93.5 Å². The molecule has 0 spiro atoms. The van der Waals surface area contributed by atoms with Crippen LogP contribution in [0.3, 0.4) is 0 Å². The summed E-state index contributed by atoms with van der Waals surface area (Å²) >= 11 is 5.83. The van der Waals surface area contributed by atoms with Crippen LogP contribution in [0.4, 0.5) is 5.69 Å². The number of thiocarbonyl (C=S) groups is 1. The number of hydrogen-bond acceptors (Lipinski definition) is 3. The number of benzene rings is 2. The summed E-state index contributed by atoms with van der Waals surface area (Å²) in [5, 5.41) is 7.15. The van der Waals surface area contributed by atoms with Crippen LogP contribution in [0.5, 0.6) is 0 Å². The zero-order chi connectivity index (χ0) is 26.8. The van der Waals surface area contributed by atoms with Crippen LogP contribution in [-0.4, -0.2) is 32.0 Å². The minimum Gasteiger partial charge on any atom is -0.352 e.